The Balaban J connectivity index is 1.67. The predicted octanol–water partition coefficient (Wildman–Crippen LogP) is 3.98. The number of nitro benzene ring substituents is 1. The van der Waals surface area contributed by atoms with Gasteiger partial charge in [0.05, 0.1) is 17.6 Å². The summed E-state index contributed by atoms with van der Waals surface area (Å²) < 4.78 is 15.7. The van der Waals surface area contributed by atoms with Crippen LogP contribution < -0.4 is 0 Å². The van der Waals surface area contributed by atoms with Gasteiger partial charge in [-0.3, -0.25) is 10.1 Å². The van der Waals surface area contributed by atoms with E-state index in [9.17, 15) is 14.9 Å². The molecule has 0 aromatic heterocycles. The van der Waals surface area contributed by atoms with Gasteiger partial charge < -0.3 is 14.2 Å². The van der Waals surface area contributed by atoms with Crippen molar-refractivity contribution in [3.05, 3.63) is 93.4 Å². The number of hydrogen-bond acceptors (Lipinski definition) is 6. The van der Waals surface area contributed by atoms with Gasteiger partial charge in [-0.2, -0.15) is 0 Å². The van der Waals surface area contributed by atoms with E-state index in [1.165, 1.54) is 19.4 Å². The number of ether oxygens (including phenoxy) is 3. The lowest BCUT2D eigenvalue weighted by Gasteiger charge is -2.11. The molecule has 0 saturated carbocycles. The summed E-state index contributed by atoms with van der Waals surface area (Å²) in [7, 11) is 1.33. The van der Waals surface area contributed by atoms with E-state index >= 15 is 0 Å². The molecule has 1 aliphatic heterocycles. The van der Waals surface area contributed by atoms with Gasteiger partial charge in [0.25, 0.3) is 12.0 Å². The molecule has 0 aliphatic carbocycles. The molecule has 0 radical (unpaired) electrons. The number of hydrogen-bond donors (Lipinski definition) is 0. The van der Waals surface area contributed by atoms with Gasteiger partial charge in [-0.25, -0.2) is 4.79 Å². The summed E-state index contributed by atoms with van der Waals surface area (Å²) in [6.07, 6.45) is 4.00. The molecule has 0 spiro atoms. The lowest BCUT2D eigenvalue weighted by Crippen LogP contribution is -2.03. The highest BCUT2D eigenvalue weighted by Gasteiger charge is 2.27. The summed E-state index contributed by atoms with van der Waals surface area (Å²) in [6, 6.07) is 13.1. The van der Waals surface area contributed by atoms with E-state index in [-0.39, 0.29) is 5.69 Å². The number of rotatable bonds is 5. The van der Waals surface area contributed by atoms with Crippen molar-refractivity contribution in [2.24, 2.45) is 0 Å². The Morgan fingerprint density at radius 2 is 1.88 bits per heavy atom. The molecule has 7 heteroatoms. The number of allylic oxidation sites excluding steroid dienone is 1. The van der Waals surface area contributed by atoms with Crippen molar-refractivity contribution >= 4 is 17.7 Å². The van der Waals surface area contributed by atoms with Crippen molar-refractivity contribution in [1.29, 1.82) is 0 Å². The number of methoxy groups -OCH3 is 1. The first-order chi connectivity index (χ1) is 12.6. The van der Waals surface area contributed by atoms with Crippen molar-refractivity contribution in [3.63, 3.8) is 0 Å². The van der Waals surface area contributed by atoms with Crippen LogP contribution in [0.2, 0.25) is 0 Å². The maximum atomic E-state index is 11.4. The number of nitrogens with zero attached hydrogens (tertiary/aromatic N) is 1. The highest BCUT2D eigenvalue weighted by Crippen LogP contribution is 2.34. The third-order valence-corrected chi connectivity index (χ3v) is 3.71. The van der Waals surface area contributed by atoms with Gasteiger partial charge in [-0.05, 0) is 29.8 Å². The van der Waals surface area contributed by atoms with Crippen molar-refractivity contribution in [3.8, 4) is 0 Å². The molecule has 0 amide bonds. The van der Waals surface area contributed by atoms with Crippen LogP contribution in [0.3, 0.4) is 0 Å². The van der Waals surface area contributed by atoms with Crippen LogP contribution in [-0.2, 0) is 14.2 Å². The fourth-order valence-corrected chi connectivity index (χ4v) is 2.40. The minimum atomic E-state index is -0.863. The summed E-state index contributed by atoms with van der Waals surface area (Å²) in [5, 5.41) is 11.1. The monoisotopic (exact) mass is 353 g/mol. The molecular formula is C19H15NO6. The summed E-state index contributed by atoms with van der Waals surface area (Å²) in [5.74, 6) is 0.0354. The topological polar surface area (TPSA) is 87.9 Å². The third-order valence-electron chi connectivity index (χ3n) is 3.71. The molecule has 1 heterocycles. The maximum absolute atomic E-state index is 11.4. The van der Waals surface area contributed by atoms with E-state index < -0.39 is 17.2 Å². The Morgan fingerprint density at radius 3 is 2.58 bits per heavy atom. The molecule has 1 unspecified atom stereocenters. The van der Waals surface area contributed by atoms with Gasteiger partial charge in [0.1, 0.15) is 11.8 Å². The fraction of sp³-hybridized carbons (Fsp3) is 0.105. The number of carbonyl (C=O) groups is 1. The van der Waals surface area contributed by atoms with Gasteiger partial charge >= 0.3 is 5.97 Å². The third kappa shape index (κ3) is 3.72. The molecule has 3 rings (SSSR count). The highest BCUT2D eigenvalue weighted by molar-refractivity contribution is 5.89. The Kier molecular flexibility index (Phi) is 4.98. The fourth-order valence-electron chi connectivity index (χ4n) is 2.40. The highest BCUT2D eigenvalue weighted by atomic mass is 16.7. The Morgan fingerprint density at radius 1 is 1.15 bits per heavy atom. The molecule has 2 aromatic carbocycles. The van der Waals surface area contributed by atoms with Crippen LogP contribution in [0.15, 0.2) is 66.6 Å². The number of carbonyl (C=O) groups excluding carboxylic acids is 1. The maximum Gasteiger partial charge on any atom is 0.337 e. The Labute approximate surface area is 149 Å². The quantitative estimate of drug-likeness (QED) is 0.459. The first kappa shape index (κ1) is 17.2. The molecule has 0 fully saturated rings. The molecule has 0 saturated heterocycles. The van der Waals surface area contributed by atoms with Gasteiger partial charge in [-0.15, -0.1) is 0 Å². The van der Waals surface area contributed by atoms with E-state index in [4.69, 9.17) is 9.47 Å². The van der Waals surface area contributed by atoms with Gasteiger partial charge in [0.15, 0.2) is 5.76 Å². The molecule has 2 aromatic rings. The van der Waals surface area contributed by atoms with Crippen LogP contribution in [0.4, 0.5) is 5.69 Å². The Hall–Kier alpha value is -3.61. The van der Waals surface area contributed by atoms with Gasteiger partial charge in [0.2, 0.25) is 0 Å². The van der Waals surface area contributed by atoms with Crippen molar-refractivity contribution in [2.75, 3.05) is 7.11 Å². The summed E-state index contributed by atoms with van der Waals surface area (Å²) in [4.78, 5) is 22.0. The van der Waals surface area contributed by atoms with Gasteiger partial charge in [0, 0.05) is 6.07 Å². The molecule has 7 nitrogen and oxygen atoms in total. The number of benzene rings is 2. The van der Waals surface area contributed by atoms with E-state index in [1.54, 1.807) is 54.6 Å². The standard InChI is InChI=1S/C19H15NO6/c1-24-18(21)14-9-6-13(7-10-14)8-11-15-12-25-19(26-15)16-4-2-3-5-17(16)20(22)23/h2-12,19H,1H3. The van der Waals surface area contributed by atoms with Crippen molar-refractivity contribution < 1.29 is 23.9 Å². The second-order valence-corrected chi connectivity index (χ2v) is 5.37. The second kappa shape index (κ2) is 7.52. The molecule has 26 heavy (non-hydrogen) atoms. The SMILES string of the molecule is COC(=O)c1ccc(C=CC2=COC(c3ccccc3[N+](=O)[O-])O2)cc1. The lowest BCUT2D eigenvalue weighted by atomic mass is 10.1. The van der Waals surface area contributed by atoms with Crippen LogP contribution in [-0.4, -0.2) is 18.0 Å². The minimum Gasteiger partial charge on any atom is -0.465 e. The van der Waals surface area contributed by atoms with Gasteiger partial charge in [-0.1, -0.05) is 30.3 Å². The van der Waals surface area contributed by atoms with E-state index in [2.05, 4.69) is 4.74 Å². The molecule has 1 atom stereocenters. The first-order valence-electron chi connectivity index (χ1n) is 7.70. The number of para-hydroxylation sites is 1. The zero-order valence-corrected chi connectivity index (χ0v) is 13.8. The lowest BCUT2D eigenvalue weighted by molar-refractivity contribution is -0.386. The van der Waals surface area contributed by atoms with Crippen LogP contribution in [0, 0.1) is 10.1 Å². The predicted molar refractivity (Wildman–Crippen MR) is 92.9 cm³/mol. The van der Waals surface area contributed by atoms with E-state index in [0.717, 1.165) is 5.56 Å². The molecule has 0 bridgehead atoms. The summed E-state index contributed by atoms with van der Waals surface area (Å²) in [5.41, 5.74) is 1.59. The average Bonchev–Trinajstić information content (AvgIpc) is 3.15. The molecule has 1 aliphatic rings. The van der Waals surface area contributed by atoms with Crippen LogP contribution in [0.25, 0.3) is 6.08 Å². The van der Waals surface area contributed by atoms with E-state index in [0.29, 0.717) is 16.9 Å². The smallest absolute Gasteiger partial charge is 0.337 e. The molecule has 0 N–H and O–H groups in total. The average molecular weight is 353 g/mol. The summed E-state index contributed by atoms with van der Waals surface area (Å²) in [6.45, 7) is 0. The Bertz CT molecular complexity index is 885. The number of esters is 1. The van der Waals surface area contributed by atoms with Crippen LogP contribution in [0.1, 0.15) is 27.8 Å². The van der Waals surface area contributed by atoms with Crippen LogP contribution >= 0.6 is 0 Å². The number of nitro groups is 1. The van der Waals surface area contributed by atoms with E-state index in [1.807, 2.05) is 0 Å². The second-order valence-electron chi connectivity index (χ2n) is 5.37. The largest absolute Gasteiger partial charge is 0.465 e. The zero-order chi connectivity index (χ0) is 18.5. The molecule has 132 valence electrons. The molecular weight excluding hydrogens is 338 g/mol. The zero-order valence-electron chi connectivity index (χ0n) is 13.8. The normalized spacial score (nSPS) is 15.9. The summed E-state index contributed by atoms with van der Waals surface area (Å²) >= 11 is 0. The van der Waals surface area contributed by atoms with Crippen molar-refractivity contribution in [2.45, 2.75) is 6.29 Å². The minimum absolute atomic E-state index is 0.0606. The van der Waals surface area contributed by atoms with Crippen LogP contribution in [0.5, 0.6) is 0 Å². The van der Waals surface area contributed by atoms with Crippen molar-refractivity contribution in [1.82, 2.24) is 0 Å². The first-order valence-corrected chi connectivity index (χ1v) is 7.70.